The summed E-state index contributed by atoms with van der Waals surface area (Å²) in [5.41, 5.74) is 3.29. The number of ketones is 1. The minimum Gasteiger partial charge on any atom is -0.492 e. The molecule has 2 aliphatic rings. The monoisotopic (exact) mass is 492 g/mol. The number of ether oxygens (including phenoxy) is 1. The van der Waals surface area contributed by atoms with Gasteiger partial charge in [0.05, 0.1) is 19.3 Å². The van der Waals surface area contributed by atoms with Gasteiger partial charge < -0.3 is 9.85 Å². The van der Waals surface area contributed by atoms with Gasteiger partial charge in [-0.2, -0.15) is 0 Å². The van der Waals surface area contributed by atoms with Gasteiger partial charge in [-0.15, -0.1) is 0 Å². The third-order valence-corrected chi connectivity index (χ3v) is 7.01. The number of hydrogen-bond acceptors (Lipinski definition) is 5. The Hall–Kier alpha value is -2.42. The molecule has 0 aromatic heterocycles. The average Bonchev–Trinajstić information content (AvgIpc) is 2.81. The van der Waals surface area contributed by atoms with Gasteiger partial charge in [0.1, 0.15) is 19.0 Å². The Morgan fingerprint density at radius 3 is 2.63 bits per heavy atom. The van der Waals surface area contributed by atoms with Crippen molar-refractivity contribution in [3.8, 4) is 5.75 Å². The van der Waals surface area contributed by atoms with Crippen molar-refractivity contribution in [2.75, 3.05) is 46.1 Å². The van der Waals surface area contributed by atoms with Gasteiger partial charge in [-0.25, -0.2) is 8.78 Å². The van der Waals surface area contributed by atoms with Crippen LogP contribution in [0.3, 0.4) is 0 Å². The molecule has 2 aromatic carbocycles. The van der Waals surface area contributed by atoms with Crippen LogP contribution >= 0.6 is 0 Å². The number of carbonyl (C=O) groups is 1. The van der Waals surface area contributed by atoms with Crippen LogP contribution in [0, 0.1) is 5.92 Å². The number of fused-ring (bicyclic) bond motifs is 1. The first-order valence-corrected chi connectivity index (χ1v) is 12.1. The lowest BCUT2D eigenvalue weighted by Gasteiger charge is -2.43. The van der Waals surface area contributed by atoms with Crippen LogP contribution in [0.15, 0.2) is 42.5 Å². The lowest BCUT2D eigenvalue weighted by Crippen LogP contribution is -2.49. The third-order valence-electron chi connectivity index (χ3n) is 7.01. The molecule has 1 saturated heterocycles. The average molecular weight is 493 g/mol. The fraction of sp³-hybridized carbons (Fsp3) is 0.519. The van der Waals surface area contributed by atoms with E-state index in [1.807, 2.05) is 43.3 Å². The molecular weight excluding hydrogens is 457 g/mol. The van der Waals surface area contributed by atoms with Crippen LogP contribution in [0.1, 0.15) is 46.9 Å². The quantitative estimate of drug-likeness (QED) is 0.478. The molecule has 35 heavy (non-hydrogen) atoms. The molecule has 2 aromatic rings. The number of Topliss-reactive ketones (excluding diaryl/α,β-unsaturated/α-hetero) is 1. The standard InChI is InChI=1S/C27H33F3N2O3/c1-18-11-23-12-22(19(2)34)5-8-25(23)26(32(18)16-27(29,30)17-33)21-3-6-24(7-4-21)35-10-9-31-14-20(13-28)15-31/h3-8,12,18,20,26,33H,9-11,13-17H2,1-2H3/t18-,26-/m1/s1/i33T. The summed E-state index contributed by atoms with van der Waals surface area (Å²) in [4.78, 5) is 15.8. The van der Waals surface area contributed by atoms with Gasteiger partial charge in [-0.1, -0.05) is 24.3 Å². The smallest absolute Gasteiger partial charge is 0.283 e. The Bertz CT molecular complexity index is 1050. The van der Waals surface area contributed by atoms with Gasteiger partial charge in [0.25, 0.3) is 5.92 Å². The van der Waals surface area contributed by atoms with Crippen molar-refractivity contribution in [1.29, 1.82) is 1.43 Å². The highest BCUT2D eigenvalue weighted by molar-refractivity contribution is 5.94. The third kappa shape index (κ3) is 5.88. The maximum Gasteiger partial charge on any atom is 0.283 e. The molecule has 0 saturated carbocycles. The van der Waals surface area contributed by atoms with Crippen LogP contribution in [0.4, 0.5) is 13.2 Å². The Balaban J connectivity index is 1.55. The molecule has 0 amide bonds. The predicted octanol–water partition coefficient (Wildman–Crippen LogP) is 4.13. The number of benzene rings is 2. The second-order valence-corrected chi connectivity index (χ2v) is 9.80. The van der Waals surface area contributed by atoms with E-state index in [9.17, 15) is 18.0 Å². The summed E-state index contributed by atoms with van der Waals surface area (Å²) in [7, 11) is 0. The Kier molecular flexibility index (Phi) is 7.41. The second kappa shape index (κ2) is 10.7. The molecule has 0 bridgehead atoms. The molecule has 4 rings (SSSR count). The highest BCUT2D eigenvalue weighted by Crippen LogP contribution is 2.40. The highest BCUT2D eigenvalue weighted by Gasteiger charge is 2.40. The summed E-state index contributed by atoms with van der Waals surface area (Å²) in [5, 5.41) is 4.03. The van der Waals surface area contributed by atoms with Crippen molar-refractivity contribution >= 4 is 5.78 Å². The maximum atomic E-state index is 14.6. The van der Waals surface area contributed by atoms with Gasteiger partial charge in [0.2, 0.25) is 1.43 Å². The number of rotatable bonds is 11. The van der Waals surface area contributed by atoms with Crippen molar-refractivity contribution in [1.82, 2.24) is 9.80 Å². The maximum absolute atomic E-state index is 14.6. The van der Waals surface area contributed by atoms with E-state index in [4.69, 9.17) is 6.17 Å². The van der Waals surface area contributed by atoms with Crippen LogP contribution in [0.5, 0.6) is 5.75 Å². The summed E-state index contributed by atoms with van der Waals surface area (Å²) in [6.07, 6.45) is 0.533. The Morgan fingerprint density at radius 2 is 1.97 bits per heavy atom. The molecule has 1 N–H and O–H groups in total. The number of likely N-dealkylation sites (tertiary alicyclic amines) is 1. The first-order chi connectivity index (χ1) is 17.2. The number of carbonyl (C=O) groups excluding carboxylic acids is 1. The summed E-state index contributed by atoms with van der Waals surface area (Å²) in [5.74, 6) is -2.41. The first-order valence-electron chi connectivity index (χ1n) is 12.5. The fourth-order valence-electron chi connectivity index (χ4n) is 5.06. The molecular formula is C27H33F3N2O3. The Morgan fingerprint density at radius 1 is 1.23 bits per heavy atom. The number of aliphatic hydroxyl groups is 1. The van der Waals surface area contributed by atoms with Gasteiger partial charge in [0, 0.05) is 37.2 Å². The number of nitrogens with zero attached hydrogens (tertiary/aromatic N) is 2. The van der Waals surface area contributed by atoms with Crippen molar-refractivity contribution < 1.29 is 27.8 Å². The molecule has 0 spiro atoms. The molecule has 2 atom stereocenters. The fourth-order valence-corrected chi connectivity index (χ4v) is 5.06. The van der Waals surface area contributed by atoms with E-state index in [-0.39, 0.29) is 24.4 Å². The molecule has 0 aliphatic carbocycles. The number of alkyl halides is 3. The zero-order valence-corrected chi connectivity index (χ0v) is 20.2. The van der Waals surface area contributed by atoms with Crippen molar-refractivity contribution in [2.45, 2.75) is 38.3 Å². The van der Waals surface area contributed by atoms with Crippen LogP contribution in [0.2, 0.25) is 0 Å². The van der Waals surface area contributed by atoms with Gasteiger partial charge in [-0.3, -0.25) is 19.0 Å². The zero-order valence-electron chi connectivity index (χ0n) is 21.2. The summed E-state index contributed by atoms with van der Waals surface area (Å²) < 4.78 is 54.4. The highest BCUT2D eigenvalue weighted by atomic mass is 19.3. The normalized spacial score (nSPS) is 21.8. The summed E-state index contributed by atoms with van der Waals surface area (Å²) in [6.45, 7) is 4.33. The molecule has 1 fully saturated rings. The van der Waals surface area contributed by atoms with E-state index < -0.39 is 25.1 Å². The largest absolute Gasteiger partial charge is 0.492 e. The van der Waals surface area contributed by atoms with E-state index in [2.05, 4.69) is 10.0 Å². The van der Waals surface area contributed by atoms with Crippen LogP contribution in [0.25, 0.3) is 0 Å². The van der Waals surface area contributed by atoms with Crippen LogP contribution in [-0.2, 0) is 6.42 Å². The summed E-state index contributed by atoms with van der Waals surface area (Å²) in [6, 6.07) is 12.2. The van der Waals surface area contributed by atoms with Crippen molar-refractivity contribution in [3.05, 3.63) is 64.7 Å². The molecule has 190 valence electrons. The van der Waals surface area contributed by atoms with E-state index in [1.54, 1.807) is 11.0 Å². The van der Waals surface area contributed by atoms with Crippen molar-refractivity contribution in [2.24, 2.45) is 5.92 Å². The van der Waals surface area contributed by atoms with Gasteiger partial charge >= 0.3 is 0 Å². The molecule has 0 radical (unpaired) electrons. The van der Waals surface area contributed by atoms with Gasteiger partial charge in [0.15, 0.2) is 5.78 Å². The minimum atomic E-state index is -3.19. The summed E-state index contributed by atoms with van der Waals surface area (Å²) >= 11 is 0. The first kappa shape index (κ1) is 24.3. The Labute approximate surface area is 206 Å². The van der Waals surface area contributed by atoms with E-state index in [1.165, 1.54) is 6.92 Å². The van der Waals surface area contributed by atoms with Crippen molar-refractivity contribution in [3.63, 3.8) is 0 Å². The minimum absolute atomic E-state index is 0.0384. The predicted molar refractivity (Wildman–Crippen MR) is 128 cm³/mol. The zero-order chi connectivity index (χ0) is 25.9. The number of halogens is 3. The number of hydrogen-bond donors (Lipinski definition) is 1. The molecule has 2 heterocycles. The molecule has 0 unspecified atom stereocenters. The molecule has 2 aliphatic heterocycles. The van der Waals surface area contributed by atoms with E-state index in [0.29, 0.717) is 24.3 Å². The van der Waals surface area contributed by atoms with E-state index >= 15 is 0 Å². The SMILES string of the molecule is [3H]OCC(F)(F)CN1[C@H](c2ccc(OCCN3CC(CF)C3)cc2)c2ccc(C(C)=O)cc2C[C@H]1C. The lowest BCUT2D eigenvalue weighted by atomic mass is 9.83. The van der Waals surface area contributed by atoms with Gasteiger partial charge in [-0.05, 0) is 55.2 Å². The van der Waals surface area contributed by atoms with Crippen LogP contribution in [-0.4, -0.2) is 80.2 Å². The molecule has 8 heteroatoms. The second-order valence-electron chi connectivity index (χ2n) is 9.80. The lowest BCUT2D eigenvalue weighted by molar-refractivity contribution is -0.0862. The topological polar surface area (TPSA) is 53.0 Å². The molecule has 5 nitrogen and oxygen atoms in total. The number of aliphatic hydroxyl groups excluding tert-OH is 1. The van der Waals surface area contributed by atoms with Crippen LogP contribution < -0.4 is 4.74 Å². The van der Waals surface area contributed by atoms with E-state index in [0.717, 1.165) is 36.3 Å².